The van der Waals surface area contributed by atoms with Gasteiger partial charge in [0.1, 0.15) is 0 Å². The largest absolute Gasteiger partial charge is 0.335 e. The van der Waals surface area contributed by atoms with Crippen molar-refractivity contribution >= 4 is 59.9 Å². The zero-order chi connectivity index (χ0) is 17.6. The van der Waals surface area contributed by atoms with Gasteiger partial charge in [-0.25, -0.2) is 4.79 Å². The first-order chi connectivity index (χ1) is 12.1. The second kappa shape index (κ2) is 11.6. The van der Waals surface area contributed by atoms with Crippen LogP contribution in [0.5, 0.6) is 0 Å². The molecular formula is C17H27Cl2N5O2S. The van der Waals surface area contributed by atoms with E-state index in [0.29, 0.717) is 5.69 Å². The summed E-state index contributed by atoms with van der Waals surface area (Å²) in [5.74, 6) is 1.58. The summed E-state index contributed by atoms with van der Waals surface area (Å²) in [6, 6.07) is 7.09. The molecule has 1 atom stereocenters. The van der Waals surface area contributed by atoms with Crippen LogP contribution in [0.15, 0.2) is 24.3 Å². The number of benzene rings is 1. The number of hydrogen-bond acceptors (Lipinski definition) is 5. The van der Waals surface area contributed by atoms with E-state index in [1.54, 1.807) is 36.0 Å². The van der Waals surface area contributed by atoms with Crippen LogP contribution in [0.2, 0.25) is 0 Å². The molecule has 0 saturated carbocycles. The quantitative estimate of drug-likeness (QED) is 0.582. The van der Waals surface area contributed by atoms with Gasteiger partial charge in [-0.05, 0) is 57.2 Å². The lowest BCUT2D eigenvalue weighted by Gasteiger charge is -2.29. The fraction of sp³-hybridized carbons (Fsp3) is 0.529. The zero-order valence-electron chi connectivity index (χ0n) is 15.2. The van der Waals surface area contributed by atoms with E-state index < -0.39 is 0 Å². The van der Waals surface area contributed by atoms with Crippen molar-refractivity contribution in [1.29, 1.82) is 0 Å². The Hall–Kier alpha value is -1.19. The fourth-order valence-electron chi connectivity index (χ4n) is 2.94. The van der Waals surface area contributed by atoms with Gasteiger partial charge in [-0.3, -0.25) is 10.1 Å². The van der Waals surface area contributed by atoms with Crippen LogP contribution in [0.25, 0.3) is 0 Å². The van der Waals surface area contributed by atoms with Crippen LogP contribution >= 0.6 is 36.6 Å². The standard InChI is InChI=1S/C17H25N5O2S.2ClH/c1-22-8-6-14(7-9-22)21-17(24)20-13-4-2-12(3-5-13)19-16(23)15-10-25-11-18-15;;/h2-5,14-15,18H,6-11H2,1H3,(H,19,23)(H2,20,21,24);2*1H. The number of rotatable bonds is 4. The van der Waals surface area contributed by atoms with Gasteiger partial charge in [-0.1, -0.05) is 0 Å². The molecule has 3 rings (SSSR count). The Kier molecular flexibility index (Phi) is 10.3. The number of piperidine rings is 1. The Morgan fingerprint density at radius 2 is 1.67 bits per heavy atom. The van der Waals surface area contributed by atoms with Crippen molar-refractivity contribution in [3.05, 3.63) is 24.3 Å². The van der Waals surface area contributed by atoms with Gasteiger partial charge in [0.25, 0.3) is 0 Å². The topological polar surface area (TPSA) is 85.5 Å². The summed E-state index contributed by atoms with van der Waals surface area (Å²) >= 11 is 1.72. The van der Waals surface area contributed by atoms with Crippen LogP contribution < -0.4 is 21.3 Å². The summed E-state index contributed by atoms with van der Waals surface area (Å²) in [6.45, 7) is 2.02. The van der Waals surface area contributed by atoms with Crippen LogP contribution in [0, 0.1) is 0 Å². The van der Waals surface area contributed by atoms with Crippen molar-refractivity contribution in [2.45, 2.75) is 24.9 Å². The molecular weight excluding hydrogens is 409 g/mol. The minimum absolute atomic E-state index is 0. The summed E-state index contributed by atoms with van der Waals surface area (Å²) in [5, 5.41) is 11.9. The third-order valence-electron chi connectivity index (χ3n) is 4.50. The van der Waals surface area contributed by atoms with Crippen LogP contribution in [0.4, 0.5) is 16.2 Å². The number of carbonyl (C=O) groups is 2. The number of thioether (sulfide) groups is 1. The fourth-order valence-corrected chi connectivity index (χ4v) is 3.88. The molecule has 4 N–H and O–H groups in total. The summed E-state index contributed by atoms with van der Waals surface area (Å²) in [4.78, 5) is 26.4. The molecule has 2 saturated heterocycles. The molecule has 1 aromatic carbocycles. The van der Waals surface area contributed by atoms with Gasteiger partial charge in [0, 0.05) is 29.0 Å². The average Bonchev–Trinajstić information content (AvgIpc) is 3.13. The van der Waals surface area contributed by atoms with E-state index >= 15 is 0 Å². The Labute approximate surface area is 176 Å². The van der Waals surface area contributed by atoms with E-state index in [9.17, 15) is 9.59 Å². The van der Waals surface area contributed by atoms with E-state index in [0.717, 1.165) is 43.2 Å². The second-order valence-corrected chi connectivity index (χ2v) is 7.54. The van der Waals surface area contributed by atoms with Gasteiger partial charge in [-0.15, -0.1) is 36.6 Å². The van der Waals surface area contributed by atoms with Crippen LogP contribution in [-0.2, 0) is 4.79 Å². The molecule has 0 aromatic heterocycles. The van der Waals surface area contributed by atoms with Crippen molar-refractivity contribution in [3.8, 4) is 0 Å². The third-order valence-corrected chi connectivity index (χ3v) is 5.44. The first-order valence-electron chi connectivity index (χ1n) is 8.58. The Bertz CT molecular complexity index is 606. The number of halogens is 2. The number of urea groups is 1. The molecule has 3 amide bonds. The number of nitrogens with zero attached hydrogens (tertiary/aromatic N) is 1. The summed E-state index contributed by atoms with van der Waals surface area (Å²) in [5.41, 5.74) is 1.43. The van der Waals surface area contributed by atoms with Gasteiger partial charge in [0.2, 0.25) is 5.91 Å². The maximum Gasteiger partial charge on any atom is 0.319 e. The van der Waals surface area contributed by atoms with Crippen molar-refractivity contribution < 1.29 is 9.59 Å². The van der Waals surface area contributed by atoms with Crippen molar-refractivity contribution in [3.63, 3.8) is 0 Å². The van der Waals surface area contributed by atoms with E-state index in [1.165, 1.54) is 0 Å². The molecule has 7 nitrogen and oxygen atoms in total. The molecule has 2 aliphatic rings. The highest BCUT2D eigenvalue weighted by atomic mass is 35.5. The monoisotopic (exact) mass is 435 g/mol. The normalized spacial score (nSPS) is 20.1. The van der Waals surface area contributed by atoms with E-state index in [4.69, 9.17) is 0 Å². The smallest absolute Gasteiger partial charge is 0.319 e. The first-order valence-corrected chi connectivity index (χ1v) is 9.74. The number of likely N-dealkylation sites (tertiary alicyclic amines) is 1. The predicted molar refractivity (Wildman–Crippen MR) is 116 cm³/mol. The Morgan fingerprint density at radius 3 is 2.22 bits per heavy atom. The van der Waals surface area contributed by atoms with Gasteiger partial charge in [0.15, 0.2) is 0 Å². The molecule has 0 aliphatic carbocycles. The molecule has 10 heteroatoms. The van der Waals surface area contributed by atoms with Gasteiger partial charge < -0.3 is 20.9 Å². The Morgan fingerprint density at radius 1 is 1.07 bits per heavy atom. The highest BCUT2D eigenvalue weighted by Gasteiger charge is 2.22. The number of carbonyl (C=O) groups excluding carboxylic acids is 2. The maximum atomic E-state index is 12.1. The molecule has 0 bridgehead atoms. The maximum absolute atomic E-state index is 12.1. The molecule has 0 spiro atoms. The van der Waals surface area contributed by atoms with Crippen molar-refractivity contribution in [1.82, 2.24) is 15.5 Å². The number of amides is 3. The van der Waals surface area contributed by atoms with Crippen molar-refractivity contribution in [2.24, 2.45) is 0 Å². The minimum atomic E-state index is -0.182. The molecule has 152 valence electrons. The van der Waals surface area contributed by atoms with Crippen LogP contribution in [0.1, 0.15) is 12.8 Å². The third kappa shape index (κ3) is 7.38. The molecule has 2 heterocycles. The molecule has 2 aliphatic heterocycles. The number of hydrogen-bond donors (Lipinski definition) is 4. The highest BCUT2D eigenvalue weighted by Crippen LogP contribution is 2.16. The van der Waals surface area contributed by atoms with E-state index in [1.807, 2.05) is 0 Å². The average molecular weight is 436 g/mol. The molecule has 2 fully saturated rings. The summed E-state index contributed by atoms with van der Waals surface area (Å²) < 4.78 is 0. The number of anilines is 2. The molecule has 1 aromatic rings. The summed E-state index contributed by atoms with van der Waals surface area (Å²) in [7, 11) is 2.10. The number of nitrogens with one attached hydrogen (secondary N) is 4. The van der Waals surface area contributed by atoms with Crippen LogP contribution in [-0.4, -0.2) is 60.7 Å². The lowest BCUT2D eigenvalue weighted by molar-refractivity contribution is -0.117. The van der Waals surface area contributed by atoms with Crippen molar-refractivity contribution in [2.75, 3.05) is 42.4 Å². The van der Waals surface area contributed by atoms with E-state index in [-0.39, 0.29) is 48.8 Å². The van der Waals surface area contributed by atoms with E-state index in [2.05, 4.69) is 33.2 Å². The lowest BCUT2D eigenvalue weighted by Crippen LogP contribution is -2.44. The second-order valence-electron chi connectivity index (χ2n) is 6.51. The van der Waals surface area contributed by atoms with Gasteiger partial charge in [-0.2, -0.15) is 0 Å². The summed E-state index contributed by atoms with van der Waals surface area (Å²) in [6.07, 6.45) is 1.95. The van der Waals surface area contributed by atoms with Gasteiger partial charge in [0.05, 0.1) is 6.04 Å². The lowest BCUT2D eigenvalue weighted by atomic mass is 10.1. The molecule has 0 radical (unpaired) electrons. The SMILES string of the molecule is CN1CCC(NC(=O)Nc2ccc(NC(=O)C3CSCN3)cc2)CC1.Cl.Cl. The molecule has 27 heavy (non-hydrogen) atoms. The first kappa shape index (κ1) is 23.8. The van der Waals surface area contributed by atoms with Crippen LogP contribution in [0.3, 0.4) is 0 Å². The van der Waals surface area contributed by atoms with Gasteiger partial charge >= 0.3 is 6.03 Å². The Balaban J connectivity index is 0.00000182. The minimum Gasteiger partial charge on any atom is -0.335 e. The molecule has 1 unspecified atom stereocenters. The highest BCUT2D eigenvalue weighted by molar-refractivity contribution is 7.99. The zero-order valence-corrected chi connectivity index (χ0v) is 17.6. The predicted octanol–water partition coefficient (Wildman–Crippen LogP) is 2.35.